The van der Waals surface area contributed by atoms with Crippen molar-refractivity contribution in [3.8, 4) is 6.07 Å². The number of rotatable bonds is 8. The van der Waals surface area contributed by atoms with Crippen molar-refractivity contribution in [3.63, 3.8) is 0 Å². The van der Waals surface area contributed by atoms with Gasteiger partial charge in [0.15, 0.2) is 0 Å². The summed E-state index contributed by atoms with van der Waals surface area (Å²) in [5.74, 6) is 1.60. The molecule has 0 aromatic heterocycles. The summed E-state index contributed by atoms with van der Waals surface area (Å²) in [4.78, 5) is 0. The van der Waals surface area contributed by atoms with Gasteiger partial charge in [0, 0.05) is 12.6 Å². The summed E-state index contributed by atoms with van der Waals surface area (Å²) in [7, 11) is 0. The Balaban J connectivity index is 2.18. The van der Waals surface area contributed by atoms with Gasteiger partial charge >= 0.3 is 0 Å². The highest BCUT2D eigenvalue weighted by Gasteiger charge is 2.25. The lowest BCUT2D eigenvalue weighted by Crippen LogP contribution is -2.44. The van der Waals surface area contributed by atoms with E-state index in [4.69, 9.17) is 4.74 Å². The van der Waals surface area contributed by atoms with Crippen LogP contribution in [0.5, 0.6) is 0 Å². The Labute approximate surface area is 131 Å². The topological polar surface area (TPSA) is 45.0 Å². The summed E-state index contributed by atoms with van der Waals surface area (Å²) in [6.45, 7) is 11.7. The molecular weight excluding hydrogens is 260 g/mol. The van der Waals surface area contributed by atoms with Gasteiger partial charge in [-0.15, -0.1) is 0 Å². The molecule has 1 fully saturated rings. The molecule has 3 unspecified atom stereocenters. The van der Waals surface area contributed by atoms with Crippen molar-refractivity contribution in [1.82, 2.24) is 5.32 Å². The Morgan fingerprint density at radius 3 is 2.33 bits per heavy atom. The average Bonchev–Trinajstić information content (AvgIpc) is 2.36. The van der Waals surface area contributed by atoms with Crippen molar-refractivity contribution in [2.45, 2.75) is 90.8 Å². The molecule has 0 spiro atoms. The number of nitriles is 1. The van der Waals surface area contributed by atoms with Gasteiger partial charge in [-0.2, -0.15) is 5.26 Å². The van der Waals surface area contributed by atoms with Crippen molar-refractivity contribution in [2.75, 3.05) is 6.61 Å². The SMILES string of the molecule is CC1CC(C)CC(OCCCCC(C)(C#N)NC(C)C)C1. The van der Waals surface area contributed by atoms with E-state index in [0.29, 0.717) is 12.1 Å². The summed E-state index contributed by atoms with van der Waals surface area (Å²) in [6.07, 6.45) is 7.23. The molecule has 0 amide bonds. The quantitative estimate of drug-likeness (QED) is 0.680. The maximum absolute atomic E-state index is 9.31. The zero-order valence-electron chi connectivity index (χ0n) is 14.6. The summed E-state index contributed by atoms with van der Waals surface area (Å²) >= 11 is 0. The number of nitrogens with one attached hydrogen (secondary N) is 1. The molecule has 0 saturated heterocycles. The van der Waals surface area contributed by atoms with Gasteiger partial charge in [0.05, 0.1) is 12.2 Å². The Bertz CT molecular complexity index is 327. The van der Waals surface area contributed by atoms with E-state index in [0.717, 1.165) is 37.7 Å². The zero-order valence-corrected chi connectivity index (χ0v) is 14.6. The lowest BCUT2D eigenvalue weighted by atomic mass is 9.82. The summed E-state index contributed by atoms with van der Waals surface area (Å²) in [5, 5.41) is 12.7. The summed E-state index contributed by atoms with van der Waals surface area (Å²) in [6, 6.07) is 2.75. The molecule has 21 heavy (non-hydrogen) atoms. The highest BCUT2D eigenvalue weighted by atomic mass is 16.5. The lowest BCUT2D eigenvalue weighted by molar-refractivity contribution is -0.000894. The van der Waals surface area contributed by atoms with Crippen LogP contribution in [-0.2, 0) is 4.74 Å². The molecule has 122 valence electrons. The molecule has 1 aliphatic rings. The van der Waals surface area contributed by atoms with Crippen molar-refractivity contribution in [2.24, 2.45) is 11.8 Å². The van der Waals surface area contributed by atoms with Crippen LogP contribution < -0.4 is 5.32 Å². The number of hydrogen-bond donors (Lipinski definition) is 1. The van der Waals surface area contributed by atoms with Gasteiger partial charge in [-0.1, -0.05) is 13.8 Å². The molecule has 0 aromatic rings. The molecule has 3 atom stereocenters. The monoisotopic (exact) mass is 294 g/mol. The number of nitrogens with zero attached hydrogens (tertiary/aromatic N) is 1. The maximum atomic E-state index is 9.31. The first kappa shape index (κ1) is 18.5. The third-order valence-electron chi connectivity index (χ3n) is 4.41. The van der Waals surface area contributed by atoms with E-state index in [1.165, 1.54) is 19.3 Å². The van der Waals surface area contributed by atoms with Crippen LogP contribution in [0.15, 0.2) is 0 Å². The van der Waals surface area contributed by atoms with Gasteiger partial charge in [0.25, 0.3) is 0 Å². The Kier molecular flexibility index (Phi) is 7.70. The largest absolute Gasteiger partial charge is 0.378 e. The lowest BCUT2D eigenvalue weighted by Gasteiger charge is -2.31. The van der Waals surface area contributed by atoms with Crippen LogP contribution in [0, 0.1) is 23.2 Å². The second kappa shape index (κ2) is 8.76. The van der Waals surface area contributed by atoms with Crippen LogP contribution in [0.2, 0.25) is 0 Å². The zero-order chi connectivity index (χ0) is 15.9. The molecule has 0 heterocycles. The second-order valence-corrected chi connectivity index (χ2v) is 7.61. The van der Waals surface area contributed by atoms with Gasteiger partial charge in [-0.25, -0.2) is 0 Å². The van der Waals surface area contributed by atoms with E-state index in [1.54, 1.807) is 0 Å². The van der Waals surface area contributed by atoms with E-state index in [1.807, 2.05) is 6.92 Å². The third kappa shape index (κ3) is 7.29. The summed E-state index contributed by atoms with van der Waals surface area (Å²) < 4.78 is 6.05. The van der Waals surface area contributed by atoms with Crippen LogP contribution in [0.1, 0.15) is 73.1 Å². The molecule has 0 aromatic carbocycles. The molecule has 1 aliphatic carbocycles. The van der Waals surface area contributed by atoms with Crippen molar-refractivity contribution < 1.29 is 4.74 Å². The Morgan fingerprint density at radius 1 is 1.19 bits per heavy atom. The fraction of sp³-hybridized carbons (Fsp3) is 0.944. The van der Waals surface area contributed by atoms with E-state index in [9.17, 15) is 5.26 Å². The smallest absolute Gasteiger partial charge is 0.104 e. The molecule has 3 nitrogen and oxygen atoms in total. The van der Waals surface area contributed by atoms with Gasteiger partial charge < -0.3 is 4.74 Å². The first-order valence-corrected chi connectivity index (χ1v) is 8.65. The highest BCUT2D eigenvalue weighted by Crippen LogP contribution is 2.30. The molecule has 1 N–H and O–H groups in total. The standard InChI is InChI=1S/C18H34N2O/c1-14(2)20-18(5,13-19)8-6-7-9-21-17-11-15(3)10-16(4)12-17/h14-17,20H,6-12H2,1-5H3. The van der Waals surface area contributed by atoms with Crippen molar-refractivity contribution in [3.05, 3.63) is 0 Å². The summed E-state index contributed by atoms with van der Waals surface area (Å²) in [5.41, 5.74) is -0.401. The molecule has 1 rings (SSSR count). The van der Waals surface area contributed by atoms with Crippen LogP contribution in [0.25, 0.3) is 0 Å². The predicted octanol–water partition coefficient (Wildman–Crippen LogP) is 4.28. The van der Waals surface area contributed by atoms with Gasteiger partial charge in [0.1, 0.15) is 5.54 Å². The van der Waals surface area contributed by atoms with Crippen LogP contribution in [-0.4, -0.2) is 24.3 Å². The fourth-order valence-electron chi connectivity index (χ4n) is 3.64. The molecule has 3 heteroatoms. The maximum Gasteiger partial charge on any atom is 0.104 e. The number of unbranched alkanes of at least 4 members (excludes halogenated alkanes) is 1. The van der Waals surface area contributed by atoms with E-state index >= 15 is 0 Å². The number of hydrogen-bond acceptors (Lipinski definition) is 3. The Morgan fingerprint density at radius 2 is 1.81 bits per heavy atom. The Hall–Kier alpha value is -0.590. The van der Waals surface area contributed by atoms with E-state index < -0.39 is 5.54 Å². The first-order chi connectivity index (χ1) is 9.84. The van der Waals surface area contributed by atoms with Gasteiger partial charge in [0.2, 0.25) is 0 Å². The molecule has 0 aliphatic heterocycles. The van der Waals surface area contributed by atoms with Crippen LogP contribution in [0.3, 0.4) is 0 Å². The predicted molar refractivity (Wildman–Crippen MR) is 88.1 cm³/mol. The highest BCUT2D eigenvalue weighted by molar-refractivity contribution is 5.04. The van der Waals surface area contributed by atoms with E-state index in [2.05, 4.69) is 39.1 Å². The third-order valence-corrected chi connectivity index (χ3v) is 4.41. The molecule has 0 radical (unpaired) electrons. The molecule has 0 bridgehead atoms. The fourth-order valence-corrected chi connectivity index (χ4v) is 3.64. The molecular formula is C18H34N2O. The van der Waals surface area contributed by atoms with Gasteiger partial charge in [-0.3, -0.25) is 5.32 Å². The first-order valence-electron chi connectivity index (χ1n) is 8.65. The minimum absolute atomic E-state index is 0.344. The van der Waals surface area contributed by atoms with Crippen molar-refractivity contribution >= 4 is 0 Å². The van der Waals surface area contributed by atoms with Crippen molar-refractivity contribution in [1.29, 1.82) is 5.26 Å². The molecule has 1 saturated carbocycles. The number of ether oxygens (including phenoxy) is 1. The van der Waals surface area contributed by atoms with E-state index in [-0.39, 0.29) is 0 Å². The average molecular weight is 294 g/mol. The minimum atomic E-state index is -0.401. The van der Waals surface area contributed by atoms with Crippen LogP contribution >= 0.6 is 0 Å². The second-order valence-electron chi connectivity index (χ2n) is 7.61. The minimum Gasteiger partial charge on any atom is -0.378 e. The van der Waals surface area contributed by atoms with Gasteiger partial charge in [-0.05, 0) is 71.1 Å². The normalized spacial score (nSPS) is 29.1. The van der Waals surface area contributed by atoms with Crippen LogP contribution in [0.4, 0.5) is 0 Å².